The maximum Gasteiger partial charge on any atom is 0.269 e. The molecule has 0 fully saturated rings. The number of aromatic nitrogens is 2. The second kappa shape index (κ2) is 12.4. The van der Waals surface area contributed by atoms with Crippen LogP contribution in [-0.2, 0) is 21.5 Å². The standard InChI is InChI=1S/C32H33N5O4/c1-23-10-15-26(16-11-23)36-29(20-28(34-36)32(2,3)4)33-30(38)22-35(21-25-8-6-5-7-9-25)31(39)19-14-24-12-17-27(18-13-24)37(40)41/h5-20H,21-22H2,1-4H3,(H,33,38). The molecular weight excluding hydrogens is 518 g/mol. The first kappa shape index (κ1) is 28.9. The van der Waals surface area contributed by atoms with Gasteiger partial charge in [0.15, 0.2) is 0 Å². The highest BCUT2D eigenvalue weighted by Crippen LogP contribution is 2.26. The summed E-state index contributed by atoms with van der Waals surface area (Å²) in [7, 11) is 0. The number of benzene rings is 3. The Labute approximate surface area is 239 Å². The summed E-state index contributed by atoms with van der Waals surface area (Å²) >= 11 is 0. The van der Waals surface area contributed by atoms with Gasteiger partial charge in [0.05, 0.1) is 16.3 Å². The second-order valence-electron chi connectivity index (χ2n) is 10.8. The molecule has 41 heavy (non-hydrogen) atoms. The van der Waals surface area contributed by atoms with Crippen LogP contribution in [0.2, 0.25) is 0 Å². The van der Waals surface area contributed by atoms with Crippen LogP contribution in [0.1, 0.15) is 43.2 Å². The van der Waals surface area contributed by atoms with Crippen LogP contribution in [0, 0.1) is 17.0 Å². The van der Waals surface area contributed by atoms with Crippen molar-refractivity contribution in [1.82, 2.24) is 14.7 Å². The number of non-ortho nitro benzene ring substituents is 1. The number of carbonyl (C=O) groups is 2. The molecular formula is C32H33N5O4. The van der Waals surface area contributed by atoms with Crippen LogP contribution >= 0.6 is 0 Å². The molecule has 9 nitrogen and oxygen atoms in total. The molecule has 0 saturated heterocycles. The lowest BCUT2D eigenvalue weighted by molar-refractivity contribution is -0.384. The maximum absolute atomic E-state index is 13.4. The van der Waals surface area contributed by atoms with Gasteiger partial charge in [-0.2, -0.15) is 5.10 Å². The Bertz CT molecular complexity index is 1550. The molecule has 0 atom stereocenters. The Morgan fingerprint density at radius 2 is 1.66 bits per heavy atom. The smallest absolute Gasteiger partial charge is 0.269 e. The molecule has 1 N–H and O–H groups in total. The molecule has 9 heteroatoms. The van der Waals surface area contributed by atoms with Crippen LogP contribution in [-0.4, -0.2) is 38.0 Å². The van der Waals surface area contributed by atoms with Crippen molar-refractivity contribution in [3.63, 3.8) is 0 Å². The Balaban J connectivity index is 1.56. The first-order valence-electron chi connectivity index (χ1n) is 13.2. The van der Waals surface area contributed by atoms with E-state index >= 15 is 0 Å². The molecule has 0 saturated carbocycles. The maximum atomic E-state index is 13.4. The fraction of sp³-hybridized carbons (Fsp3) is 0.219. The third kappa shape index (κ3) is 7.76. The Kier molecular flexibility index (Phi) is 8.77. The largest absolute Gasteiger partial charge is 0.326 e. The molecule has 0 aliphatic rings. The van der Waals surface area contributed by atoms with Gasteiger partial charge in [0, 0.05) is 36.2 Å². The lowest BCUT2D eigenvalue weighted by Gasteiger charge is -2.21. The van der Waals surface area contributed by atoms with Gasteiger partial charge in [-0.25, -0.2) is 4.68 Å². The number of aryl methyl sites for hydroxylation is 1. The van der Waals surface area contributed by atoms with E-state index in [2.05, 4.69) is 26.1 Å². The fourth-order valence-electron chi connectivity index (χ4n) is 4.07. The third-order valence-corrected chi connectivity index (χ3v) is 6.41. The normalized spacial score (nSPS) is 11.4. The van der Waals surface area contributed by atoms with Gasteiger partial charge in [0.1, 0.15) is 12.4 Å². The average molecular weight is 552 g/mol. The van der Waals surface area contributed by atoms with Crippen molar-refractivity contribution in [2.24, 2.45) is 0 Å². The summed E-state index contributed by atoms with van der Waals surface area (Å²) in [5.41, 5.74) is 3.96. The van der Waals surface area contributed by atoms with Crippen LogP contribution < -0.4 is 5.32 Å². The van der Waals surface area contributed by atoms with Crippen molar-refractivity contribution in [3.8, 4) is 5.69 Å². The zero-order valence-corrected chi connectivity index (χ0v) is 23.6. The van der Waals surface area contributed by atoms with E-state index in [1.165, 1.54) is 23.1 Å². The first-order chi connectivity index (χ1) is 19.5. The van der Waals surface area contributed by atoms with Crippen LogP contribution in [0.5, 0.6) is 0 Å². The fourth-order valence-corrected chi connectivity index (χ4v) is 4.07. The third-order valence-electron chi connectivity index (χ3n) is 6.41. The van der Waals surface area contributed by atoms with E-state index in [-0.39, 0.29) is 36.0 Å². The number of nitro benzene ring substituents is 1. The van der Waals surface area contributed by atoms with Crippen molar-refractivity contribution in [2.45, 2.75) is 39.7 Å². The van der Waals surface area contributed by atoms with Crippen LogP contribution in [0.25, 0.3) is 11.8 Å². The van der Waals surface area contributed by atoms with E-state index < -0.39 is 4.92 Å². The number of amides is 2. The minimum atomic E-state index is -0.478. The topological polar surface area (TPSA) is 110 Å². The Hall–Kier alpha value is -5.05. The average Bonchev–Trinajstić information content (AvgIpc) is 3.37. The zero-order chi connectivity index (χ0) is 29.6. The summed E-state index contributed by atoms with van der Waals surface area (Å²) in [4.78, 5) is 38.5. The van der Waals surface area contributed by atoms with Crippen LogP contribution in [0.15, 0.2) is 91.0 Å². The highest BCUT2D eigenvalue weighted by molar-refractivity contribution is 5.98. The Morgan fingerprint density at radius 3 is 2.27 bits per heavy atom. The van der Waals surface area contributed by atoms with Crippen LogP contribution in [0.4, 0.5) is 11.5 Å². The van der Waals surface area contributed by atoms with Crippen molar-refractivity contribution in [3.05, 3.63) is 124 Å². The highest BCUT2D eigenvalue weighted by Gasteiger charge is 2.23. The molecule has 210 valence electrons. The van der Waals surface area contributed by atoms with Gasteiger partial charge in [0.2, 0.25) is 11.8 Å². The number of carbonyl (C=O) groups excluding carboxylic acids is 2. The summed E-state index contributed by atoms with van der Waals surface area (Å²) in [6, 6.07) is 25.0. The lowest BCUT2D eigenvalue weighted by Crippen LogP contribution is -2.37. The summed E-state index contributed by atoms with van der Waals surface area (Å²) in [5.74, 6) is -0.228. The predicted molar refractivity (Wildman–Crippen MR) is 160 cm³/mol. The van der Waals surface area contributed by atoms with E-state index in [0.29, 0.717) is 11.4 Å². The van der Waals surface area contributed by atoms with E-state index in [4.69, 9.17) is 5.10 Å². The summed E-state index contributed by atoms with van der Waals surface area (Å²) in [6.07, 6.45) is 2.94. The second-order valence-corrected chi connectivity index (χ2v) is 10.8. The van der Waals surface area contributed by atoms with Crippen LogP contribution in [0.3, 0.4) is 0 Å². The zero-order valence-electron chi connectivity index (χ0n) is 23.6. The van der Waals surface area contributed by atoms with Gasteiger partial charge in [-0.15, -0.1) is 0 Å². The van der Waals surface area contributed by atoms with Crippen molar-refractivity contribution in [2.75, 3.05) is 11.9 Å². The molecule has 0 aliphatic heterocycles. The first-order valence-corrected chi connectivity index (χ1v) is 13.2. The van der Waals surface area contributed by atoms with Gasteiger partial charge in [-0.1, -0.05) is 68.8 Å². The Morgan fingerprint density at radius 1 is 1.00 bits per heavy atom. The highest BCUT2D eigenvalue weighted by atomic mass is 16.6. The van der Waals surface area contributed by atoms with E-state index in [1.54, 1.807) is 22.9 Å². The van der Waals surface area contributed by atoms with Crippen molar-refractivity contribution in [1.29, 1.82) is 0 Å². The van der Waals surface area contributed by atoms with Gasteiger partial charge < -0.3 is 10.2 Å². The minimum absolute atomic E-state index is 0.0321. The molecule has 0 spiro atoms. The van der Waals surface area contributed by atoms with E-state index in [9.17, 15) is 19.7 Å². The molecule has 2 amide bonds. The van der Waals surface area contributed by atoms with Gasteiger partial charge in [0.25, 0.3) is 5.69 Å². The molecule has 1 aromatic heterocycles. The van der Waals surface area contributed by atoms with E-state index in [0.717, 1.165) is 22.5 Å². The number of nitrogens with one attached hydrogen (secondary N) is 1. The number of hydrogen-bond acceptors (Lipinski definition) is 5. The number of nitro groups is 1. The lowest BCUT2D eigenvalue weighted by atomic mass is 9.92. The molecule has 0 radical (unpaired) electrons. The molecule has 0 bridgehead atoms. The van der Waals surface area contributed by atoms with Gasteiger partial charge in [-0.05, 0) is 48.4 Å². The molecule has 1 heterocycles. The van der Waals surface area contributed by atoms with Gasteiger partial charge >= 0.3 is 0 Å². The SMILES string of the molecule is Cc1ccc(-n2nc(C(C)(C)C)cc2NC(=O)CN(Cc2ccccc2)C(=O)C=Cc2ccc([N+](=O)[O-])cc2)cc1. The predicted octanol–water partition coefficient (Wildman–Crippen LogP) is 6.07. The van der Waals surface area contributed by atoms with Gasteiger partial charge in [-0.3, -0.25) is 19.7 Å². The summed E-state index contributed by atoms with van der Waals surface area (Å²) in [5, 5.41) is 18.6. The summed E-state index contributed by atoms with van der Waals surface area (Å²) < 4.78 is 1.70. The van der Waals surface area contributed by atoms with Crippen molar-refractivity contribution >= 4 is 29.4 Å². The summed E-state index contributed by atoms with van der Waals surface area (Å²) in [6.45, 7) is 8.20. The monoisotopic (exact) mass is 551 g/mol. The quantitative estimate of drug-likeness (QED) is 0.154. The van der Waals surface area contributed by atoms with E-state index in [1.807, 2.05) is 67.6 Å². The molecule has 0 unspecified atom stereocenters. The minimum Gasteiger partial charge on any atom is -0.326 e. The number of nitrogens with zero attached hydrogens (tertiary/aromatic N) is 4. The van der Waals surface area contributed by atoms with Crippen molar-refractivity contribution < 1.29 is 14.5 Å². The molecule has 3 aromatic carbocycles. The number of hydrogen-bond donors (Lipinski definition) is 1. The molecule has 4 aromatic rings. The number of anilines is 1. The number of rotatable bonds is 9. The molecule has 4 rings (SSSR count). The molecule has 0 aliphatic carbocycles.